The second-order valence-corrected chi connectivity index (χ2v) is 7.66. The molecule has 10 nitrogen and oxygen atoms in total. The molecule has 2 aromatic carbocycles. The van der Waals surface area contributed by atoms with Crippen molar-refractivity contribution in [1.29, 1.82) is 0 Å². The van der Waals surface area contributed by atoms with Crippen LogP contribution in [0.1, 0.15) is 23.0 Å². The van der Waals surface area contributed by atoms with Crippen molar-refractivity contribution in [2.24, 2.45) is 0 Å². The van der Waals surface area contributed by atoms with Crippen molar-refractivity contribution in [3.8, 4) is 11.1 Å². The lowest BCUT2D eigenvalue weighted by Crippen LogP contribution is -2.52. The highest BCUT2D eigenvalue weighted by Gasteiger charge is 2.33. The number of nitrogens with one attached hydrogen (secondary N) is 1. The molecule has 0 aliphatic carbocycles. The van der Waals surface area contributed by atoms with E-state index in [0.717, 1.165) is 13.1 Å². The third-order valence-corrected chi connectivity index (χ3v) is 4.74. The molecule has 0 spiro atoms. The molecule has 3 aromatic rings. The van der Waals surface area contributed by atoms with Gasteiger partial charge in [0.05, 0.1) is 12.7 Å². The number of aliphatic carboxylic acids is 1. The number of carbonyl (C=O) groups excluding carboxylic acids is 1. The van der Waals surface area contributed by atoms with Crippen molar-refractivity contribution in [1.82, 2.24) is 25.6 Å². The average molecular weight is 464 g/mol. The van der Waals surface area contributed by atoms with Gasteiger partial charge in [-0.25, -0.2) is 14.2 Å². The minimum Gasteiger partial charge on any atom is -0.479 e. The van der Waals surface area contributed by atoms with Crippen LogP contribution in [0.4, 0.5) is 4.39 Å². The summed E-state index contributed by atoms with van der Waals surface area (Å²) in [4.78, 5) is 24.0. The van der Waals surface area contributed by atoms with E-state index in [0.29, 0.717) is 26.6 Å². The summed E-state index contributed by atoms with van der Waals surface area (Å²) >= 11 is 5.94. The Kier molecular flexibility index (Phi) is 6.72. The highest BCUT2D eigenvalue weighted by Crippen LogP contribution is 2.26. The molecular weight excluding hydrogens is 445 g/mol. The highest BCUT2D eigenvalue weighted by atomic mass is 35.5. The standard InChI is InChI=1S/C20H19ClFN5O5/c1-20(31,19(29)30)11-26(24-18(28)17-10-27(32)25-23-17)9-12-2-4-13(5-3-12)15-8-14(21)6-7-16(15)22/h2-8,10,31-32H,9,11H2,1H3,(H,24,28)(H,29,30)/t20-/m1/s1. The maximum absolute atomic E-state index is 14.1. The second kappa shape index (κ2) is 9.30. The van der Waals surface area contributed by atoms with Crippen LogP contribution >= 0.6 is 11.6 Å². The lowest BCUT2D eigenvalue weighted by Gasteiger charge is -2.29. The Morgan fingerprint density at radius 1 is 1.25 bits per heavy atom. The molecule has 0 aliphatic heterocycles. The topological polar surface area (TPSA) is 141 Å². The normalized spacial score (nSPS) is 13.0. The molecule has 168 valence electrons. The van der Waals surface area contributed by atoms with Gasteiger partial charge < -0.3 is 15.4 Å². The van der Waals surface area contributed by atoms with Crippen molar-refractivity contribution < 1.29 is 29.4 Å². The largest absolute Gasteiger partial charge is 0.479 e. The Hall–Kier alpha value is -3.54. The fourth-order valence-corrected chi connectivity index (χ4v) is 3.04. The van der Waals surface area contributed by atoms with Crippen molar-refractivity contribution in [2.75, 3.05) is 6.54 Å². The van der Waals surface area contributed by atoms with E-state index in [4.69, 9.17) is 11.6 Å². The van der Waals surface area contributed by atoms with Gasteiger partial charge >= 0.3 is 5.97 Å². The summed E-state index contributed by atoms with van der Waals surface area (Å²) in [5, 5.41) is 36.8. The molecule has 4 N–H and O–H groups in total. The molecule has 0 fully saturated rings. The zero-order valence-electron chi connectivity index (χ0n) is 16.7. The molecule has 0 radical (unpaired) electrons. The number of aromatic nitrogens is 3. The van der Waals surface area contributed by atoms with Gasteiger partial charge in [0.25, 0.3) is 5.91 Å². The molecule has 0 bridgehead atoms. The number of hydrogen-bond donors (Lipinski definition) is 4. The zero-order chi connectivity index (χ0) is 23.5. The number of carboxylic acids is 1. The van der Waals surface area contributed by atoms with Crippen molar-refractivity contribution in [3.05, 3.63) is 70.8 Å². The predicted molar refractivity (Wildman–Crippen MR) is 110 cm³/mol. The Morgan fingerprint density at radius 2 is 1.94 bits per heavy atom. The van der Waals surface area contributed by atoms with Crippen LogP contribution < -0.4 is 5.43 Å². The molecule has 12 heteroatoms. The fourth-order valence-electron chi connectivity index (χ4n) is 2.86. The van der Waals surface area contributed by atoms with E-state index in [1.165, 1.54) is 23.2 Å². The summed E-state index contributed by atoms with van der Waals surface area (Å²) in [6.07, 6.45) is 0.956. The van der Waals surface area contributed by atoms with Crippen molar-refractivity contribution >= 4 is 23.5 Å². The van der Waals surface area contributed by atoms with E-state index in [1.807, 2.05) is 0 Å². The summed E-state index contributed by atoms with van der Waals surface area (Å²) in [6.45, 7) is 0.621. The lowest BCUT2D eigenvalue weighted by atomic mass is 10.0. The molecular formula is C20H19ClFN5O5. The smallest absolute Gasteiger partial charge is 0.336 e. The molecule has 3 rings (SSSR count). The highest BCUT2D eigenvalue weighted by molar-refractivity contribution is 6.30. The third-order valence-electron chi connectivity index (χ3n) is 4.50. The van der Waals surface area contributed by atoms with Gasteiger partial charge in [-0.3, -0.25) is 10.2 Å². The maximum atomic E-state index is 14.1. The van der Waals surface area contributed by atoms with Crippen LogP contribution in [0.5, 0.6) is 0 Å². The first-order valence-electron chi connectivity index (χ1n) is 9.23. The second-order valence-electron chi connectivity index (χ2n) is 7.22. The number of nitrogens with zero attached hydrogens (tertiary/aromatic N) is 4. The summed E-state index contributed by atoms with van der Waals surface area (Å²) in [5.74, 6) is -2.69. The summed E-state index contributed by atoms with van der Waals surface area (Å²) < 4.78 is 14.1. The van der Waals surface area contributed by atoms with Crippen LogP contribution in [0.25, 0.3) is 11.1 Å². The van der Waals surface area contributed by atoms with Gasteiger partial charge in [-0.2, -0.15) is 0 Å². The molecule has 1 heterocycles. The van der Waals surface area contributed by atoms with E-state index in [-0.39, 0.29) is 12.2 Å². The zero-order valence-corrected chi connectivity index (χ0v) is 17.5. The first-order chi connectivity index (χ1) is 15.0. The Labute approximate surface area is 186 Å². The molecule has 0 unspecified atom stereocenters. The minimum atomic E-state index is -2.17. The SMILES string of the molecule is C[C@@](O)(CN(Cc1ccc(-c2cc(Cl)ccc2F)cc1)NC(=O)c1cn(O)nn1)C(=O)O. The van der Waals surface area contributed by atoms with Gasteiger partial charge in [0.2, 0.25) is 0 Å². The van der Waals surface area contributed by atoms with Gasteiger partial charge in [-0.15, -0.1) is 5.10 Å². The van der Waals surface area contributed by atoms with Crippen LogP contribution in [0.15, 0.2) is 48.7 Å². The van der Waals surface area contributed by atoms with Gasteiger partial charge in [-0.05, 0) is 41.5 Å². The maximum Gasteiger partial charge on any atom is 0.336 e. The van der Waals surface area contributed by atoms with E-state index in [1.54, 1.807) is 24.3 Å². The van der Waals surface area contributed by atoms with Crippen LogP contribution in [0.3, 0.4) is 0 Å². The van der Waals surface area contributed by atoms with E-state index in [2.05, 4.69) is 15.7 Å². The predicted octanol–water partition coefficient (Wildman–Crippen LogP) is 1.96. The van der Waals surface area contributed by atoms with Gasteiger partial charge in [0.15, 0.2) is 11.3 Å². The van der Waals surface area contributed by atoms with Crippen molar-refractivity contribution in [2.45, 2.75) is 19.1 Å². The Bertz CT molecular complexity index is 1140. The first kappa shape index (κ1) is 23.1. The number of halogens is 2. The van der Waals surface area contributed by atoms with E-state index < -0.39 is 29.8 Å². The van der Waals surface area contributed by atoms with Crippen molar-refractivity contribution in [3.63, 3.8) is 0 Å². The van der Waals surface area contributed by atoms with Crippen LogP contribution in [-0.2, 0) is 11.3 Å². The summed E-state index contributed by atoms with van der Waals surface area (Å²) in [6, 6.07) is 10.8. The molecule has 0 saturated heterocycles. The Morgan fingerprint density at radius 3 is 2.53 bits per heavy atom. The number of carbonyl (C=O) groups is 2. The minimum absolute atomic E-state index is 0.000734. The quantitative estimate of drug-likeness (QED) is 0.293. The molecule has 0 saturated carbocycles. The van der Waals surface area contributed by atoms with Crippen LogP contribution in [0, 0.1) is 5.82 Å². The molecule has 1 amide bonds. The number of amides is 1. The lowest BCUT2D eigenvalue weighted by molar-refractivity contribution is -0.159. The molecule has 1 aromatic heterocycles. The number of rotatable bonds is 8. The average Bonchev–Trinajstić information content (AvgIpc) is 3.16. The fraction of sp³-hybridized carbons (Fsp3) is 0.200. The molecule has 32 heavy (non-hydrogen) atoms. The number of hydrazine groups is 1. The number of benzene rings is 2. The molecule has 0 aliphatic rings. The summed E-state index contributed by atoms with van der Waals surface area (Å²) in [5.41, 5.74) is 1.55. The van der Waals surface area contributed by atoms with Gasteiger partial charge in [0.1, 0.15) is 5.82 Å². The number of aliphatic hydroxyl groups is 1. The monoisotopic (exact) mass is 463 g/mol. The first-order valence-corrected chi connectivity index (χ1v) is 9.60. The number of carboxylic acid groups (broad SMARTS) is 1. The van der Waals surface area contributed by atoms with Crippen LogP contribution in [0.2, 0.25) is 5.02 Å². The third kappa shape index (κ3) is 5.58. The summed E-state index contributed by atoms with van der Waals surface area (Å²) in [7, 11) is 0. The van der Waals surface area contributed by atoms with Gasteiger partial charge in [0, 0.05) is 17.1 Å². The van der Waals surface area contributed by atoms with Gasteiger partial charge in [-0.1, -0.05) is 40.7 Å². The Balaban J connectivity index is 1.81. The van der Waals surface area contributed by atoms with E-state index >= 15 is 0 Å². The van der Waals surface area contributed by atoms with Crippen LogP contribution in [-0.4, -0.2) is 59.6 Å². The van der Waals surface area contributed by atoms with E-state index in [9.17, 15) is 29.4 Å². The number of hydrogen-bond acceptors (Lipinski definition) is 7. The molecule has 1 atom stereocenters.